The van der Waals surface area contributed by atoms with E-state index in [0.29, 0.717) is 11.8 Å². The second-order valence-electron chi connectivity index (χ2n) is 6.32. The third kappa shape index (κ3) is 4.53. The molecule has 2 rings (SSSR count). The maximum atomic E-state index is 12.0. The van der Waals surface area contributed by atoms with E-state index in [0.717, 1.165) is 12.8 Å². The number of non-ortho nitro benzene ring substituents is 1. The molecule has 0 aliphatic heterocycles. The predicted molar refractivity (Wildman–Crippen MR) is 87.5 cm³/mol. The summed E-state index contributed by atoms with van der Waals surface area (Å²) < 4.78 is 4.97. The molecule has 1 amide bonds. The number of nitro benzene ring substituents is 1. The first-order valence-electron chi connectivity index (χ1n) is 8.09. The van der Waals surface area contributed by atoms with Crippen molar-refractivity contribution in [2.45, 2.75) is 39.2 Å². The maximum Gasteiger partial charge on any atom is 0.338 e. The number of benzene rings is 1. The van der Waals surface area contributed by atoms with Crippen molar-refractivity contribution >= 4 is 17.6 Å². The molecule has 130 valence electrons. The molecule has 0 radical (unpaired) electrons. The van der Waals surface area contributed by atoms with E-state index in [9.17, 15) is 19.7 Å². The number of carbonyl (C=O) groups excluding carboxylic acids is 2. The van der Waals surface area contributed by atoms with Crippen LogP contribution in [0.5, 0.6) is 0 Å². The molecule has 1 saturated carbocycles. The lowest BCUT2D eigenvalue weighted by atomic mass is 9.78. The largest absolute Gasteiger partial charge is 0.452 e. The third-order valence-electron chi connectivity index (χ3n) is 4.70. The molecule has 1 fully saturated rings. The second-order valence-corrected chi connectivity index (χ2v) is 6.32. The lowest BCUT2D eigenvalue weighted by Gasteiger charge is -2.34. The van der Waals surface area contributed by atoms with Gasteiger partial charge in [0.15, 0.2) is 6.61 Å². The van der Waals surface area contributed by atoms with Crippen molar-refractivity contribution in [2.75, 3.05) is 6.61 Å². The number of ether oxygens (including phenoxy) is 1. The molecule has 0 aromatic heterocycles. The van der Waals surface area contributed by atoms with E-state index in [4.69, 9.17) is 4.74 Å². The third-order valence-corrected chi connectivity index (χ3v) is 4.70. The Morgan fingerprint density at radius 1 is 1.25 bits per heavy atom. The van der Waals surface area contributed by atoms with Crippen molar-refractivity contribution in [1.82, 2.24) is 5.32 Å². The molecule has 0 bridgehead atoms. The molecular weight excluding hydrogens is 312 g/mol. The number of nitrogens with one attached hydrogen (secondary N) is 1. The Hall–Kier alpha value is -2.44. The van der Waals surface area contributed by atoms with Crippen molar-refractivity contribution < 1.29 is 19.2 Å². The summed E-state index contributed by atoms with van der Waals surface area (Å²) in [6.07, 6.45) is 3.19. The number of rotatable bonds is 5. The van der Waals surface area contributed by atoms with Crippen LogP contribution >= 0.6 is 0 Å². The van der Waals surface area contributed by atoms with Crippen LogP contribution in [-0.4, -0.2) is 29.4 Å². The molecule has 7 heteroatoms. The summed E-state index contributed by atoms with van der Waals surface area (Å²) in [5.74, 6) is -0.0406. The van der Waals surface area contributed by atoms with Crippen LogP contribution in [0.2, 0.25) is 0 Å². The molecule has 0 unspecified atom stereocenters. The van der Waals surface area contributed by atoms with Crippen molar-refractivity contribution in [3.63, 3.8) is 0 Å². The van der Waals surface area contributed by atoms with Crippen molar-refractivity contribution in [3.05, 3.63) is 39.9 Å². The molecule has 1 N–H and O–H groups in total. The summed E-state index contributed by atoms with van der Waals surface area (Å²) in [6.45, 7) is 3.95. The van der Waals surface area contributed by atoms with Crippen LogP contribution in [0.4, 0.5) is 5.69 Å². The number of carbonyl (C=O) groups is 2. The second kappa shape index (κ2) is 7.90. The summed E-state index contributed by atoms with van der Waals surface area (Å²) in [4.78, 5) is 33.9. The highest BCUT2D eigenvalue weighted by Crippen LogP contribution is 2.29. The zero-order valence-electron chi connectivity index (χ0n) is 13.9. The Morgan fingerprint density at radius 3 is 2.54 bits per heavy atom. The monoisotopic (exact) mass is 334 g/mol. The highest BCUT2D eigenvalue weighted by atomic mass is 16.6. The van der Waals surface area contributed by atoms with E-state index in [-0.39, 0.29) is 29.8 Å². The average molecular weight is 334 g/mol. The lowest BCUT2D eigenvalue weighted by molar-refractivity contribution is -0.384. The Balaban J connectivity index is 1.82. The molecule has 1 aliphatic rings. The van der Waals surface area contributed by atoms with Gasteiger partial charge >= 0.3 is 5.97 Å². The van der Waals surface area contributed by atoms with Crippen LogP contribution in [-0.2, 0) is 9.53 Å². The van der Waals surface area contributed by atoms with Crippen LogP contribution in [0, 0.1) is 22.0 Å². The van der Waals surface area contributed by atoms with Crippen molar-refractivity contribution in [1.29, 1.82) is 0 Å². The fourth-order valence-electron chi connectivity index (χ4n) is 2.97. The van der Waals surface area contributed by atoms with Crippen LogP contribution < -0.4 is 5.32 Å². The highest BCUT2D eigenvalue weighted by Gasteiger charge is 2.28. The van der Waals surface area contributed by atoms with E-state index in [2.05, 4.69) is 19.2 Å². The molecule has 0 spiro atoms. The number of nitrogens with zero attached hydrogens (tertiary/aromatic N) is 1. The first-order chi connectivity index (χ1) is 11.4. The minimum atomic E-state index is -0.676. The van der Waals surface area contributed by atoms with Gasteiger partial charge in [0.25, 0.3) is 11.6 Å². The smallest absolute Gasteiger partial charge is 0.338 e. The van der Waals surface area contributed by atoms with Crippen LogP contribution in [0.25, 0.3) is 0 Å². The minimum absolute atomic E-state index is 0.107. The van der Waals surface area contributed by atoms with E-state index in [1.54, 1.807) is 0 Å². The number of hydrogen-bond donors (Lipinski definition) is 1. The minimum Gasteiger partial charge on any atom is -0.452 e. The van der Waals surface area contributed by atoms with Gasteiger partial charge in [-0.3, -0.25) is 14.9 Å². The zero-order chi connectivity index (χ0) is 17.7. The zero-order valence-corrected chi connectivity index (χ0v) is 13.9. The average Bonchev–Trinajstić information content (AvgIpc) is 2.57. The van der Waals surface area contributed by atoms with Gasteiger partial charge in [0.2, 0.25) is 0 Å². The van der Waals surface area contributed by atoms with Crippen LogP contribution in [0.15, 0.2) is 24.3 Å². The Kier molecular flexibility index (Phi) is 5.89. The molecule has 1 aromatic rings. The quantitative estimate of drug-likeness (QED) is 0.507. The molecule has 3 atom stereocenters. The SMILES string of the molecule is C[C@@H]1[C@@H](C)CCC[C@H]1NC(=O)COC(=O)c1ccc([N+](=O)[O-])cc1. The fraction of sp³-hybridized carbons (Fsp3) is 0.529. The number of hydrogen-bond acceptors (Lipinski definition) is 5. The Morgan fingerprint density at radius 2 is 1.92 bits per heavy atom. The maximum absolute atomic E-state index is 12.0. The molecule has 1 aromatic carbocycles. The summed E-state index contributed by atoms with van der Waals surface area (Å²) >= 11 is 0. The van der Waals surface area contributed by atoms with Gasteiger partial charge in [-0.25, -0.2) is 4.79 Å². The molecular formula is C17H22N2O5. The van der Waals surface area contributed by atoms with Gasteiger partial charge < -0.3 is 10.1 Å². The summed E-state index contributed by atoms with van der Waals surface area (Å²) in [5, 5.41) is 13.5. The molecule has 1 aliphatic carbocycles. The van der Waals surface area contributed by atoms with Crippen LogP contribution in [0.1, 0.15) is 43.5 Å². The van der Waals surface area contributed by atoms with E-state index in [1.807, 2.05) is 0 Å². The van der Waals surface area contributed by atoms with Gasteiger partial charge in [-0.05, 0) is 30.4 Å². The normalized spacial score (nSPS) is 23.3. The number of nitro groups is 1. The van der Waals surface area contributed by atoms with Crippen molar-refractivity contribution in [3.8, 4) is 0 Å². The van der Waals surface area contributed by atoms with Gasteiger partial charge in [-0.2, -0.15) is 0 Å². The van der Waals surface area contributed by atoms with E-state index in [1.165, 1.54) is 30.7 Å². The highest BCUT2D eigenvalue weighted by molar-refractivity contribution is 5.91. The molecule has 7 nitrogen and oxygen atoms in total. The van der Waals surface area contributed by atoms with E-state index >= 15 is 0 Å². The van der Waals surface area contributed by atoms with E-state index < -0.39 is 10.9 Å². The summed E-state index contributed by atoms with van der Waals surface area (Å²) in [7, 11) is 0. The summed E-state index contributed by atoms with van der Waals surface area (Å²) in [6, 6.07) is 5.18. The molecule has 0 heterocycles. The first-order valence-corrected chi connectivity index (χ1v) is 8.09. The van der Waals surface area contributed by atoms with Gasteiger partial charge in [0.1, 0.15) is 0 Å². The first kappa shape index (κ1) is 17.9. The molecule has 0 saturated heterocycles. The standard InChI is InChI=1S/C17H22N2O5/c1-11-4-3-5-15(12(11)2)18-16(20)10-24-17(21)13-6-8-14(9-7-13)19(22)23/h6-9,11-12,15H,3-5,10H2,1-2H3,(H,18,20)/t11-,12+,15+/m0/s1. The van der Waals surface area contributed by atoms with Gasteiger partial charge in [0.05, 0.1) is 10.5 Å². The summed E-state index contributed by atoms with van der Waals surface area (Å²) in [5.41, 5.74) is 0.0674. The van der Waals surface area contributed by atoms with Gasteiger partial charge in [-0.15, -0.1) is 0 Å². The van der Waals surface area contributed by atoms with Crippen molar-refractivity contribution in [2.24, 2.45) is 11.8 Å². The topological polar surface area (TPSA) is 98.5 Å². The van der Waals surface area contributed by atoms with Gasteiger partial charge in [0, 0.05) is 18.2 Å². The Bertz CT molecular complexity index is 614. The lowest BCUT2D eigenvalue weighted by Crippen LogP contribution is -2.45. The van der Waals surface area contributed by atoms with Gasteiger partial charge in [-0.1, -0.05) is 26.7 Å². The Labute approximate surface area is 140 Å². The fourth-order valence-corrected chi connectivity index (χ4v) is 2.97. The predicted octanol–water partition coefficient (Wildman–Crippen LogP) is 2.69. The number of amides is 1. The van der Waals surface area contributed by atoms with Crippen LogP contribution in [0.3, 0.4) is 0 Å². The molecule has 24 heavy (non-hydrogen) atoms. The number of esters is 1.